The average Bonchev–Trinajstić information content (AvgIpc) is 2.53. The average molecular weight is 182 g/mol. The van der Waals surface area contributed by atoms with Gasteiger partial charge < -0.3 is 10.5 Å². The smallest absolute Gasteiger partial charge is 0.303 e. The summed E-state index contributed by atoms with van der Waals surface area (Å²) in [6.07, 6.45) is 4.61. The van der Waals surface area contributed by atoms with Crippen LogP contribution in [0.3, 0.4) is 0 Å². The molecule has 0 aliphatic heterocycles. The third-order valence-electron chi connectivity index (χ3n) is 1.77. The Morgan fingerprint density at radius 1 is 1.54 bits per heavy atom. The minimum atomic E-state index is -0.749. The molecule has 0 saturated carbocycles. The standard InChI is InChI=1S/C9H14N2O2/c1-8(4-5-9(12)13)10-11-6-2-3-7-11/h2-3,6-8,10H,4-5H2,1H3,(H,12,13). The Labute approximate surface area is 77.2 Å². The molecule has 0 bridgehead atoms. The first kappa shape index (κ1) is 9.64. The van der Waals surface area contributed by atoms with E-state index in [-0.39, 0.29) is 12.5 Å². The molecule has 4 nitrogen and oxygen atoms in total. The molecule has 4 heteroatoms. The van der Waals surface area contributed by atoms with E-state index in [9.17, 15) is 4.79 Å². The lowest BCUT2D eigenvalue weighted by Gasteiger charge is -2.14. The molecule has 0 aromatic carbocycles. The summed E-state index contributed by atoms with van der Waals surface area (Å²) in [6.45, 7) is 1.96. The number of hydrogen-bond donors (Lipinski definition) is 2. The van der Waals surface area contributed by atoms with E-state index >= 15 is 0 Å². The fourth-order valence-corrected chi connectivity index (χ4v) is 1.08. The first-order valence-electron chi connectivity index (χ1n) is 4.30. The van der Waals surface area contributed by atoms with Gasteiger partial charge in [0.25, 0.3) is 0 Å². The van der Waals surface area contributed by atoms with Crippen LogP contribution < -0.4 is 5.43 Å². The van der Waals surface area contributed by atoms with Crippen molar-refractivity contribution in [3.05, 3.63) is 24.5 Å². The Bertz CT molecular complexity index is 257. The molecule has 13 heavy (non-hydrogen) atoms. The highest BCUT2D eigenvalue weighted by Crippen LogP contribution is 1.98. The SMILES string of the molecule is CC(CCC(=O)O)Nn1cccc1. The van der Waals surface area contributed by atoms with E-state index in [4.69, 9.17) is 5.11 Å². The Morgan fingerprint density at radius 3 is 2.69 bits per heavy atom. The zero-order valence-corrected chi connectivity index (χ0v) is 7.60. The normalized spacial score (nSPS) is 12.4. The Kier molecular flexibility index (Phi) is 3.37. The van der Waals surface area contributed by atoms with E-state index in [2.05, 4.69) is 5.43 Å². The third-order valence-corrected chi connectivity index (χ3v) is 1.77. The van der Waals surface area contributed by atoms with E-state index in [1.807, 2.05) is 36.1 Å². The van der Waals surface area contributed by atoms with Gasteiger partial charge in [-0.05, 0) is 25.5 Å². The summed E-state index contributed by atoms with van der Waals surface area (Å²) in [5.74, 6) is -0.749. The van der Waals surface area contributed by atoms with Crippen LogP contribution in [0.5, 0.6) is 0 Å². The number of aliphatic carboxylic acids is 1. The van der Waals surface area contributed by atoms with E-state index in [1.165, 1.54) is 0 Å². The maximum Gasteiger partial charge on any atom is 0.303 e. The second kappa shape index (κ2) is 4.54. The fourth-order valence-electron chi connectivity index (χ4n) is 1.08. The molecule has 0 aliphatic carbocycles. The number of aromatic nitrogens is 1. The molecular formula is C9H14N2O2. The highest BCUT2D eigenvalue weighted by atomic mass is 16.4. The molecule has 0 amide bonds. The van der Waals surface area contributed by atoms with E-state index in [0.29, 0.717) is 6.42 Å². The van der Waals surface area contributed by atoms with E-state index in [0.717, 1.165) is 0 Å². The number of carboxylic acid groups (broad SMARTS) is 1. The summed E-state index contributed by atoms with van der Waals surface area (Å²) in [7, 11) is 0. The number of nitrogens with one attached hydrogen (secondary N) is 1. The van der Waals surface area contributed by atoms with Crippen molar-refractivity contribution in [2.24, 2.45) is 0 Å². The first-order valence-corrected chi connectivity index (χ1v) is 4.30. The monoisotopic (exact) mass is 182 g/mol. The quantitative estimate of drug-likeness (QED) is 0.721. The van der Waals surface area contributed by atoms with Crippen molar-refractivity contribution in [1.82, 2.24) is 4.68 Å². The molecule has 0 aliphatic rings. The van der Waals surface area contributed by atoms with Crippen LogP contribution in [-0.2, 0) is 4.79 Å². The maximum absolute atomic E-state index is 10.3. The van der Waals surface area contributed by atoms with Gasteiger partial charge in [-0.1, -0.05) is 0 Å². The topological polar surface area (TPSA) is 54.3 Å². The summed E-state index contributed by atoms with van der Waals surface area (Å²) >= 11 is 0. The van der Waals surface area contributed by atoms with Crippen LogP contribution in [0.1, 0.15) is 19.8 Å². The van der Waals surface area contributed by atoms with Gasteiger partial charge >= 0.3 is 5.97 Å². The summed E-state index contributed by atoms with van der Waals surface area (Å²) in [5, 5.41) is 8.45. The minimum Gasteiger partial charge on any atom is -0.481 e. The molecule has 1 aromatic rings. The second-order valence-corrected chi connectivity index (χ2v) is 3.05. The van der Waals surface area contributed by atoms with Gasteiger partial charge in [-0.2, -0.15) is 0 Å². The summed E-state index contributed by atoms with van der Waals surface area (Å²) in [4.78, 5) is 10.3. The van der Waals surface area contributed by atoms with Gasteiger partial charge in [0.05, 0.1) is 0 Å². The number of rotatable bonds is 5. The van der Waals surface area contributed by atoms with Crippen LogP contribution in [0, 0.1) is 0 Å². The highest BCUT2D eigenvalue weighted by molar-refractivity contribution is 5.66. The Hall–Kier alpha value is -1.45. The molecule has 0 fully saturated rings. The number of carboxylic acids is 1. The lowest BCUT2D eigenvalue weighted by atomic mass is 10.2. The van der Waals surface area contributed by atoms with Crippen molar-refractivity contribution in [2.45, 2.75) is 25.8 Å². The van der Waals surface area contributed by atoms with Gasteiger partial charge in [0.15, 0.2) is 0 Å². The second-order valence-electron chi connectivity index (χ2n) is 3.05. The van der Waals surface area contributed by atoms with Gasteiger partial charge in [0, 0.05) is 24.9 Å². The van der Waals surface area contributed by atoms with Crippen molar-refractivity contribution < 1.29 is 9.90 Å². The number of hydrogen-bond acceptors (Lipinski definition) is 2. The van der Waals surface area contributed by atoms with Crippen molar-refractivity contribution in [2.75, 3.05) is 5.43 Å². The molecule has 0 saturated heterocycles. The Balaban J connectivity index is 2.25. The largest absolute Gasteiger partial charge is 0.481 e. The van der Waals surface area contributed by atoms with E-state index in [1.54, 1.807) is 0 Å². The molecule has 1 atom stereocenters. The van der Waals surface area contributed by atoms with Crippen LogP contribution in [-0.4, -0.2) is 21.8 Å². The molecule has 1 unspecified atom stereocenters. The molecule has 1 heterocycles. The van der Waals surface area contributed by atoms with Crippen molar-refractivity contribution >= 4 is 5.97 Å². The van der Waals surface area contributed by atoms with Gasteiger partial charge in [-0.15, -0.1) is 0 Å². The van der Waals surface area contributed by atoms with Crippen LogP contribution >= 0.6 is 0 Å². The van der Waals surface area contributed by atoms with Crippen LogP contribution in [0.4, 0.5) is 0 Å². The third kappa shape index (κ3) is 3.64. The molecule has 1 rings (SSSR count). The number of nitrogens with zero attached hydrogens (tertiary/aromatic N) is 1. The minimum absolute atomic E-state index is 0.170. The van der Waals surface area contributed by atoms with Gasteiger partial charge in [-0.3, -0.25) is 9.47 Å². The van der Waals surface area contributed by atoms with Crippen molar-refractivity contribution in [3.63, 3.8) is 0 Å². The molecular weight excluding hydrogens is 168 g/mol. The zero-order chi connectivity index (χ0) is 9.68. The van der Waals surface area contributed by atoms with Crippen molar-refractivity contribution in [1.29, 1.82) is 0 Å². The number of carbonyl (C=O) groups is 1. The highest BCUT2D eigenvalue weighted by Gasteiger charge is 2.03. The molecule has 72 valence electrons. The van der Waals surface area contributed by atoms with Gasteiger partial charge in [0.2, 0.25) is 0 Å². The van der Waals surface area contributed by atoms with Crippen LogP contribution in [0.25, 0.3) is 0 Å². The molecule has 0 radical (unpaired) electrons. The lowest BCUT2D eigenvalue weighted by Crippen LogP contribution is -2.24. The summed E-state index contributed by atoms with van der Waals surface area (Å²) < 4.78 is 1.83. The lowest BCUT2D eigenvalue weighted by molar-refractivity contribution is -0.137. The summed E-state index contributed by atoms with van der Waals surface area (Å²) in [6, 6.07) is 4.00. The van der Waals surface area contributed by atoms with E-state index < -0.39 is 5.97 Å². The molecule has 2 N–H and O–H groups in total. The Morgan fingerprint density at radius 2 is 2.15 bits per heavy atom. The first-order chi connectivity index (χ1) is 6.18. The fraction of sp³-hybridized carbons (Fsp3) is 0.444. The zero-order valence-electron chi connectivity index (χ0n) is 7.60. The van der Waals surface area contributed by atoms with Crippen LogP contribution in [0.15, 0.2) is 24.5 Å². The maximum atomic E-state index is 10.3. The van der Waals surface area contributed by atoms with Gasteiger partial charge in [0.1, 0.15) is 0 Å². The molecule has 1 aromatic heterocycles. The van der Waals surface area contributed by atoms with Crippen molar-refractivity contribution in [3.8, 4) is 0 Å². The summed E-state index contributed by atoms with van der Waals surface area (Å²) in [5.41, 5.74) is 3.13. The predicted molar refractivity (Wildman–Crippen MR) is 50.1 cm³/mol. The van der Waals surface area contributed by atoms with Crippen LogP contribution in [0.2, 0.25) is 0 Å². The predicted octanol–water partition coefficient (Wildman–Crippen LogP) is 1.28. The molecule has 0 spiro atoms. The van der Waals surface area contributed by atoms with Gasteiger partial charge in [-0.25, -0.2) is 0 Å².